The summed E-state index contributed by atoms with van der Waals surface area (Å²) >= 11 is 0. The van der Waals surface area contributed by atoms with Crippen LogP contribution >= 0.6 is 0 Å². The molecule has 1 saturated carbocycles. The second kappa shape index (κ2) is 1.47. The quantitative estimate of drug-likeness (QED) is 0.470. The maximum absolute atomic E-state index is 12.8. The fourth-order valence-corrected chi connectivity index (χ4v) is 1.59. The molecule has 9 heavy (non-hydrogen) atoms. The van der Waals surface area contributed by atoms with Crippen LogP contribution < -0.4 is 11.1 Å². The highest BCUT2D eigenvalue weighted by Gasteiger charge is 2.58. The largest absolute Gasteiger partial charge is 0.322 e. The van der Waals surface area contributed by atoms with Crippen LogP contribution in [0, 0.1) is 5.92 Å². The van der Waals surface area contributed by atoms with Gasteiger partial charge in [0, 0.05) is 13.1 Å². The number of halogens is 1. The van der Waals surface area contributed by atoms with Gasteiger partial charge in [0.25, 0.3) is 0 Å². The standard InChI is InChI=1S/C6H11FN2/c7-5-3-9-2-4-1-6(4,5)8/h4-5,9H,1-3,8H2/t4?,5-,6+/m0/s1. The van der Waals surface area contributed by atoms with Gasteiger partial charge in [-0.05, 0) is 12.3 Å². The van der Waals surface area contributed by atoms with Crippen LogP contribution in [0.5, 0.6) is 0 Å². The first kappa shape index (κ1) is 5.62. The van der Waals surface area contributed by atoms with E-state index in [1.165, 1.54) is 0 Å². The molecule has 2 nitrogen and oxygen atoms in total. The number of hydrogen-bond acceptors (Lipinski definition) is 2. The lowest BCUT2D eigenvalue weighted by molar-refractivity contribution is 0.220. The van der Waals surface area contributed by atoms with Crippen LogP contribution in [0.25, 0.3) is 0 Å². The van der Waals surface area contributed by atoms with Crippen molar-refractivity contribution in [1.29, 1.82) is 0 Å². The predicted molar refractivity (Wildman–Crippen MR) is 32.8 cm³/mol. The topological polar surface area (TPSA) is 38.0 Å². The fraction of sp³-hybridized carbons (Fsp3) is 1.00. The lowest BCUT2D eigenvalue weighted by atomic mass is 10.1. The molecule has 2 aliphatic rings. The van der Waals surface area contributed by atoms with Gasteiger partial charge in [-0.1, -0.05) is 0 Å². The summed E-state index contributed by atoms with van der Waals surface area (Å²) in [5.74, 6) is 0.418. The second-order valence-electron chi connectivity index (χ2n) is 3.14. The molecule has 1 heterocycles. The van der Waals surface area contributed by atoms with Gasteiger partial charge < -0.3 is 11.1 Å². The Kier molecular flexibility index (Phi) is 0.916. The summed E-state index contributed by atoms with van der Waals surface area (Å²) in [4.78, 5) is 0. The van der Waals surface area contributed by atoms with Gasteiger partial charge in [0.05, 0.1) is 5.54 Å². The summed E-state index contributed by atoms with van der Waals surface area (Å²) in [6.07, 6.45) is 0.0671. The lowest BCUT2D eigenvalue weighted by Crippen LogP contribution is -2.48. The summed E-state index contributed by atoms with van der Waals surface area (Å²) in [5.41, 5.74) is 5.26. The van der Waals surface area contributed by atoms with E-state index < -0.39 is 11.7 Å². The second-order valence-corrected chi connectivity index (χ2v) is 3.14. The van der Waals surface area contributed by atoms with Gasteiger partial charge in [0.15, 0.2) is 0 Å². The molecule has 1 saturated heterocycles. The van der Waals surface area contributed by atoms with E-state index >= 15 is 0 Å². The van der Waals surface area contributed by atoms with Crippen molar-refractivity contribution in [3.63, 3.8) is 0 Å². The highest BCUT2D eigenvalue weighted by Crippen LogP contribution is 2.46. The molecule has 0 radical (unpaired) electrons. The van der Waals surface area contributed by atoms with E-state index in [9.17, 15) is 4.39 Å². The van der Waals surface area contributed by atoms with E-state index in [1.54, 1.807) is 0 Å². The number of rotatable bonds is 0. The molecular weight excluding hydrogens is 119 g/mol. The Balaban J connectivity index is 2.10. The van der Waals surface area contributed by atoms with Crippen molar-refractivity contribution in [2.24, 2.45) is 11.7 Å². The summed E-state index contributed by atoms with van der Waals surface area (Å²) in [5, 5.41) is 3.00. The van der Waals surface area contributed by atoms with Crippen molar-refractivity contribution in [3.05, 3.63) is 0 Å². The average Bonchev–Trinajstić information content (AvgIpc) is 2.44. The Morgan fingerprint density at radius 1 is 1.56 bits per heavy atom. The van der Waals surface area contributed by atoms with E-state index in [4.69, 9.17) is 5.73 Å². The third-order valence-corrected chi connectivity index (χ3v) is 2.50. The molecule has 52 valence electrons. The smallest absolute Gasteiger partial charge is 0.131 e. The molecule has 3 heteroatoms. The van der Waals surface area contributed by atoms with E-state index in [1.807, 2.05) is 0 Å². The van der Waals surface area contributed by atoms with Crippen molar-refractivity contribution in [2.45, 2.75) is 18.1 Å². The third kappa shape index (κ3) is 0.618. The molecule has 0 spiro atoms. The van der Waals surface area contributed by atoms with Gasteiger partial charge in [0.2, 0.25) is 0 Å². The third-order valence-electron chi connectivity index (χ3n) is 2.50. The molecule has 0 amide bonds. The molecule has 3 atom stereocenters. The Morgan fingerprint density at radius 2 is 2.33 bits per heavy atom. The summed E-state index contributed by atoms with van der Waals surface area (Å²) in [6, 6.07) is 0. The van der Waals surface area contributed by atoms with Crippen LogP contribution in [-0.2, 0) is 0 Å². The Hall–Kier alpha value is -0.150. The summed E-state index contributed by atoms with van der Waals surface area (Å²) in [6.45, 7) is 1.36. The first-order valence-corrected chi connectivity index (χ1v) is 3.37. The van der Waals surface area contributed by atoms with Crippen molar-refractivity contribution in [3.8, 4) is 0 Å². The predicted octanol–water partition coefficient (Wildman–Crippen LogP) is -0.355. The van der Waals surface area contributed by atoms with Crippen LogP contribution in [0.2, 0.25) is 0 Å². The van der Waals surface area contributed by atoms with Gasteiger partial charge in [-0.3, -0.25) is 0 Å². The number of fused-ring (bicyclic) bond motifs is 1. The van der Waals surface area contributed by atoms with Crippen molar-refractivity contribution >= 4 is 0 Å². The molecular formula is C6H11FN2. The molecule has 0 aromatic rings. The molecule has 0 aromatic heterocycles. The molecule has 1 unspecified atom stereocenters. The minimum atomic E-state index is -0.809. The maximum atomic E-state index is 12.8. The number of nitrogens with one attached hydrogen (secondary N) is 1. The van der Waals surface area contributed by atoms with Gasteiger partial charge >= 0.3 is 0 Å². The summed E-state index contributed by atoms with van der Waals surface area (Å²) in [7, 11) is 0. The van der Waals surface area contributed by atoms with Crippen molar-refractivity contribution in [2.75, 3.05) is 13.1 Å². The highest BCUT2D eigenvalue weighted by atomic mass is 19.1. The van der Waals surface area contributed by atoms with Gasteiger partial charge in [-0.2, -0.15) is 0 Å². The van der Waals surface area contributed by atoms with Gasteiger partial charge in [0.1, 0.15) is 6.17 Å². The van der Waals surface area contributed by atoms with Crippen molar-refractivity contribution in [1.82, 2.24) is 5.32 Å². The van der Waals surface area contributed by atoms with Crippen LogP contribution in [0.3, 0.4) is 0 Å². The normalized spacial score (nSPS) is 56.7. The average molecular weight is 130 g/mol. The Morgan fingerprint density at radius 3 is 2.89 bits per heavy atom. The summed E-state index contributed by atoms with van der Waals surface area (Å²) < 4.78 is 12.8. The minimum absolute atomic E-state index is 0.418. The van der Waals surface area contributed by atoms with Crippen LogP contribution in [0.1, 0.15) is 6.42 Å². The van der Waals surface area contributed by atoms with Crippen LogP contribution in [0.15, 0.2) is 0 Å². The van der Waals surface area contributed by atoms with Crippen molar-refractivity contribution < 1.29 is 4.39 Å². The first-order valence-electron chi connectivity index (χ1n) is 3.37. The molecule has 1 aliphatic carbocycles. The zero-order valence-electron chi connectivity index (χ0n) is 5.23. The Bertz CT molecular complexity index is 139. The zero-order valence-corrected chi connectivity index (χ0v) is 5.23. The number of nitrogens with two attached hydrogens (primary N) is 1. The molecule has 1 aliphatic heterocycles. The molecule has 0 bridgehead atoms. The van der Waals surface area contributed by atoms with Gasteiger partial charge in [-0.25, -0.2) is 4.39 Å². The van der Waals surface area contributed by atoms with E-state index in [-0.39, 0.29) is 0 Å². The molecule has 0 aromatic carbocycles. The minimum Gasteiger partial charge on any atom is -0.322 e. The Labute approximate surface area is 53.6 Å². The highest BCUT2D eigenvalue weighted by molar-refractivity contribution is 5.16. The fourth-order valence-electron chi connectivity index (χ4n) is 1.59. The number of piperidine rings is 1. The lowest BCUT2D eigenvalue weighted by Gasteiger charge is -2.22. The molecule has 2 rings (SSSR count). The number of hydrogen-bond donors (Lipinski definition) is 2. The van der Waals surface area contributed by atoms with Crippen LogP contribution in [0.4, 0.5) is 4.39 Å². The van der Waals surface area contributed by atoms with Crippen LogP contribution in [-0.4, -0.2) is 24.8 Å². The van der Waals surface area contributed by atoms with E-state index in [2.05, 4.69) is 5.32 Å². The zero-order chi connectivity index (χ0) is 6.48. The maximum Gasteiger partial charge on any atom is 0.131 e. The monoisotopic (exact) mass is 130 g/mol. The molecule has 3 N–H and O–H groups in total. The van der Waals surface area contributed by atoms with Gasteiger partial charge in [-0.15, -0.1) is 0 Å². The van der Waals surface area contributed by atoms with E-state index in [0.717, 1.165) is 13.0 Å². The first-order chi connectivity index (χ1) is 4.23. The number of alkyl halides is 1. The molecule has 2 fully saturated rings. The SMILES string of the molecule is N[C@]12CC1CNC[C@@H]2F. The van der Waals surface area contributed by atoms with E-state index in [0.29, 0.717) is 12.5 Å².